The maximum absolute atomic E-state index is 13.3. The molecule has 2 aromatic heterocycles. The van der Waals surface area contributed by atoms with Gasteiger partial charge in [-0.2, -0.15) is 5.26 Å². The highest BCUT2D eigenvalue weighted by molar-refractivity contribution is 9.10. The molecule has 0 bridgehead atoms. The van der Waals surface area contributed by atoms with Crippen LogP contribution in [0.2, 0.25) is 0 Å². The van der Waals surface area contributed by atoms with E-state index in [0.717, 1.165) is 5.56 Å². The summed E-state index contributed by atoms with van der Waals surface area (Å²) in [4.78, 5) is 34.8. The highest BCUT2D eigenvalue weighted by atomic mass is 79.9. The molecule has 0 radical (unpaired) electrons. The van der Waals surface area contributed by atoms with Gasteiger partial charge in [0.2, 0.25) is 0 Å². The fourth-order valence-electron chi connectivity index (χ4n) is 3.37. The predicted molar refractivity (Wildman–Crippen MR) is 127 cm³/mol. The van der Waals surface area contributed by atoms with E-state index in [-0.39, 0.29) is 12.1 Å². The number of fused-ring (bicyclic) bond motifs is 1. The Bertz CT molecular complexity index is 1500. The third kappa shape index (κ3) is 4.78. The minimum absolute atomic E-state index is 0.0995. The van der Waals surface area contributed by atoms with Gasteiger partial charge in [0.05, 0.1) is 18.2 Å². The van der Waals surface area contributed by atoms with Gasteiger partial charge in [0.25, 0.3) is 11.5 Å². The molecule has 162 valence electrons. The first kappa shape index (κ1) is 22.2. The molecule has 0 aliphatic rings. The fourth-order valence-corrected chi connectivity index (χ4v) is 3.72. The van der Waals surface area contributed by atoms with Crippen LogP contribution in [-0.4, -0.2) is 21.2 Å². The number of carbonyl (C=O) groups excluding carboxylic acids is 1. The minimum Gasteiger partial charge on any atom is -0.288 e. The smallest absolute Gasteiger partial charge is 0.282 e. The molecule has 6 nitrogen and oxygen atoms in total. The number of hydrogen-bond donors (Lipinski definition) is 0. The van der Waals surface area contributed by atoms with E-state index in [4.69, 9.17) is 5.26 Å². The van der Waals surface area contributed by atoms with Crippen LogP contribution in [0.25, 0.3) is 11.0 Å². The Labute approximate surface area is 196 Å². The van der Waals surface area contributed by atoms with Crippen molar-refractivity contribution in [3.8, 4) is 6.07 Å². The number of aromatic nitrogens is 2. The molecule has 2 aromatic carbocycles. The molecule has 0 atom stereocenters. The highest BCUT2D eigenvalue weighted by Crippen LogP contribution is 2.19. The summed E-state index contributed by atoms with van der Waals surface area (Å²) < 4.78 is 15.3. The van der Waals surface area contributed by atoms with Gasteiger partial charge in [-0.05, 0) is 70.4 Å². The van der Waals surface area contributed by atoms with Crippen molar-refractivity contribution in [3.05, 3.63) is 110 Å². The maximum atomic E-state index is 13.3. The average Bonchev–Trinajstić information content (AvgIpc) is 2.81. The van der Waals surface area contributed by atoms with Gasteiger partial charge in [-0.25, -0.2) is 14.4 Å². The number of amides is 1. The standard InChI is InChI=1S/C25H16BrFN4O2/c1-15(18-6-8-21(27)9-7-18)30-24(32)22-11-19-10-20(26)13-29-23(19)31(25(22)33)14-17-4-2-16(12-28)3-5-17/h2-11,13H,14H2,1H3/b30-15+. The zero-order chi connectivity index (χ0) is 23.5. The number of hydrogen-bond acceptors (Lipinski definition) is 4. The molecular formula is C25H16BrFN4O2. The maximum Gasteiger partial charge on any atom is 0.282 e. The summed E-state index contributed by atoms with van der Waals surface area (Å²) in [6, 6.07) is 17.7. The molecule has 0 spiro atoms. The topological polar surface area (TPSA) is 88.1 Å². The second kappa shape index (κ2) is 9.27. The average molecular weight is 503 g/mol. The quantitative estimate of drug-likeness (QED) is 0.372. The van der Waals surface area contributed by atoms with E-state index in [1.165, 1.54) is 34.9 Å². The van der Waals surface area contributed by atoms with Crippen molar-refractivity contribution in [2.45, 2.75) is 13.5 Å². The minimum atomic E-state index is -0.697. The van der Waals surface area contributed by atoms with Crippen LogP contribution >= 0.6 is 15.9 Å². The van der Waals surface area contributed by atoms with Crippen molar-refractivity contribution >= 4 is 38.6 Å². The van der Waals surface area contributed by atoms with E-state index in [1.807, 2.05) is 0 Å². The van der Waals surface area contributed by atoms with E-state index >= 15 is 0 Å². The first-order chi connectivity index (χ1) is 15.9. The summed E-state index contributed by atoms with van der Waals surface area (Å²) in [6.07, 6.45) is 1.58. The summed E-state index contributed by atoms with van der Waals surface area (Å²) in [5, 5.41) is 9.60. The fraction of sp³-hybridized carbons (Fsp3) is 0.0800. The van der Waals surface area contributed by atoms with Gasteiger partial charge in [-0.1, -0.05) is 24.3 Å². The van der Waals surface area contributed by atoms with Gasteiger partial charge in [0.1, 0.15) is 17.0 Å². The highest BCUT2D eigenvalue weighted by Gasteiger charge is 2.17. The summed E-state index contributed by atoms with van der Waals surface area (Å²) in [7, 11) is 0. The SMILES string of the molecule is C/C(=N\C(=O)c1cc2cc(Br)cnc2n(Cc2ccc(C#N)cc2)c1=O)c1ccc(F)cc1. The third-order valence-corrected chi connectivity index (χ3v) is 5.51. The molecule has 0 aliphatic heterocycles. The van der Waals surface area contributed by atoms with Crippen LogP contribution in [0.4, 0.5) is 4.39 Å². The van der Waals surface area contributed by atoms with Crippen molar-refractivity contribution < 1.29 is 9.18 Å². The molecule has 33 heavy (non-hydrogen) atoms. The number of halogens is 2. The van der Waals surface area contributed by atoms with Crippen molar-refractivity contribution in [1.29, 1.82) is 5.26 Å². The van der Waals surface area contributed by atoms with Crippen LogP contribution in [0.5, 0.6) is 0 Å². The van der Waals surface area contributed by atoms with E-state index in [1.54, 1.807) is 43.5 Å². The van der Waals surface area contributed by atoms with Gasteiger partial charge < -0.3 is 0 Å². The molecule has 8 heteroatoms. The van der Waals surface area contributed by atoms with Crippen LogP contribution < -0.4 is 5.56 Å². The lowest BCUT2D eigenvalue weighted by molar-refractivity contribution is 0.100. The number of nitriles is 1. The monoisotopic (exact) mass is 502 g/mol. The second-order valence-corrected chi connectivity index (χ2v) is 8.25. The van der Waals surface area contributed by atoms with Crippen LogP contribution in [0.1, 0.15) is 34.0 Å². The molecule has 2 heterocycles. The molecule has 0 saturated carbocycles. The van der Waals surface area contributed by atoms with Gasteiger partial charge in [-0.3, -0.25) is 14.2 Å². The van der Waals surface area contributed by atoms with Gasteiger partial charge in [-0.15, -0.1) is 0 Å². The molecule has 4 rings (SSSR count). The van der Waals surface area contributed by atoms with Crippen LogP contribution in [-0.2, 0) is 6.54 Å². The lowest BCUT2D eigenvalue weighted by Gasteiger charge is -2.12. The van der Waals surface area contributed by atoms with Crippen LogP contribution in [0.3, 0.4) is 0 Å². The van der Waals surface area contributed by atoms with E-state index in [9.17, 15) is 14.0 Å². The van der Waals surface area contributed by atoms with E-state index < -0.39 is 17.3 Å². The first-order valence-corrected chi connectivity index (χ1v) is 10.7. The Morgan fingerprint density at radius 2 is 1.85 bits per heavy atom. The summed E-state index contributed by atoms with van der Waals surface area (Å²) >= 11 is 3.37. The Hall–Kier alpha value is -3.96. The third-order valence-electron chi connectivity index (χ3n) is 5.08. The first-order valence-electron chi connectivity index (χ1n) is 9.89. The number of aliphatic imine (C=N–C) groups is 1. The molecule has 0 N–H and O–H groups in total. The number of carbonyl (C=O) groups is 1. The molecule has 0 fully saturated rings. The zero-order valence-electron chi connectivity index (χ0n) is 17.4. The predicted octanol–water partition coefficient (Wildman–Crippen LogP) is 4.87. The molecule has 0 unspecified atom stereocenters. The largest absolute Gasteiger partial charge is 0.288 e. The zero-order valence-corrected chi connectivity index (χ0v) is 19.0. The summed E-state index contributed by atoms with van der Waals surface area (Å²) in [5.74, 6) is -1.09. The Morgan fingerprint density at radius 1 is 1.15 bits per heavy atom. The van der Waals surface area contributed by atoms with Crippen molar-refractivity contribution in [2.75, 3.05) is 0 Å². The number of rotatable bonds is 4. The molecule has 0 saturated heterocycles. The lowest BCUT2D eigenvalue weighted by Crippen LogP contribution is -2.27. The molecular weight excluding hydrogens is 487 g/mol. The Kier molecular flexibility index (Phi) is 6.24. The van der Waals surface area contributed by atoms with Gasteiger partial charge in [0, 0.05) is 21.8 Å². The summed E-state index contributed by atoms with van der Waals surface area (Å²) in [5.41, 5.74) is 2.02. The van der Waals surface area contributed by atoms with E-state index in [2.05, 4.69) is 32.0 Å². The number of nitrogens with zero attached hydrogens (tertiary/aromatic N) is 4. The molecule has 1 amide bonds. The Morgan fingerprint density at radius 3 is 2.52 bits per heavy atom. The van der Waals surface area contributed by atoms with Gasteiger partial charge >= 0.3 is 0 Å². The molecule has 0 aliphatic carbocycles. The van der Waals surface area contributed by atoms with E-state index in [0.29, 0.717) is 32.3 Å². The van der Waals surface area contributed by atoms with Crippen molar-refractivity contribution in [1.82, 2.24) is 9.55 Å². The number of benzene rings is 2. The van der Waals surface area contributed by atoms with Crippen molar-refractivity contribution in [3.63, 3.8) is 0 Å². The van der Waals surface area contributed by atoms with Crippen LogP contribution in [0.15, 0.2) is 81.1 Å². The van der Waals surface area contributed by atoms with Crippen LogP contribution in [0, 0.1) is 17.1 Å². The summed E-state index contributed by atoms with van der Waals surface area (Å²) in [6.45, 7) is 1.79. The normalized spacial score (nSPS) is 11.4. The Balaban J connectivity index is 1.81. The lowest BCUT2D eigenvalue weighted by atomic mass is 10.1. The molecule has 4 aromatic rings. The second-order valence-electron chi connectivity index (χ2n) is 7.33. The van der Waals surface area contributed by atoms with Gasteiger partial charge in [0.15, 0.2) is 0 Å². The van der Waals surface area contributed by atoms with Crippen molar-refractivity contribution in [2.24, 2.45) is 4.99 Å². The number of pyridine rings is 2.